The van der Waals surface area contributed by atoms with Crippen LogP contribution in [0.15, 0.2) is 72.9 Å². The predicted octanol–water partition coefficient (Wildman–Crippen LogP) is 15.5. The van der Waals surface area contributed by atoms with Crippen LogP contribution in [-0.2, 0) is 4.79 Å². The number of nitrogens with one attached hydrogen (secondary N) is 1. The number of hydrogen-bond acceptors (Lipinski definition) is 3. The summed E-state index contributed by atoms with van der Waals surface area (Å²) in [6, 6.07) is -0.642. The molecule has 2 atom stereocenters. The maximum atomic E-state index is 12.4. The average Bonchev–Trinajstić information content (AvgIpc) is 3.20. The van der Waals surface area contributed by atoms with Crippen LogP contribution in [0.1, 0.15) is 232 Å². The molecule has 0 aliphatic carbocycles. The summed E-state index contributed by atoms with van der Waals surface area (Å²) in [5.41, 5.74) is 0. The first kappa shape index (κ1) is 53.8. The normalized spacial score (nSPS) is 13.6. The van der Waals surface area contributed by atoms with Crippen LogP contribution in [0.3, 0.4) is 0 Å². The summed E-state index contributed by atoms with van der Waals surface area (Å²) in [4.78, 5) is 12.4. The van der Waals surface area contributed by atoms with Gasteiger partial charge in [0.15, 0.2) is 0 Å². The van der Waals surface area contributed by atoms with Crippen molar-refractivity contribution in [3.05, 3.63) is 72.9 Å². The number of carbonyl (C=O) groups excluding carboxylic acids is 1. The fourth-order valence-corrected chi connectivity index (χ4v) is 7.01. The van der Waals surface area contributed by atoms with Gasteiger partial charge in [-0.25, -0.2) is 0 Å². The molecule has 324 valence electrons. The van der Waals surface area contributed by atoms with E-state index in [1.54, 1.807) is 6.08 Å². The summed E-state index contributed by atoms with van der Waals surface area (Å²) in [6.07, 6.45) is 67.4. The summed E-state index contributed by atoms with van der Waals surface area (Å²) >= 11 is 0. The van der Waals surface area contributed by atoms with Crippen LogP contribution in [0.5, 0.6) is 0 Å². The van der Waals surface area contributed by atoms with E-state index in [2.05, 4.69) is 79.9 Å². The minimum Gasteiger partial charge on any atom is -0.394 e. The Hall–Kier alpha value is -2.17. The Kier molecular flexibility index (Phi) is 45.4. The van der Waals surface area contributed by atoms with E-state index in [0.717, 1.165) is 57.8 Å². The highest BCUT2D eigenvalue weighted by atomic mass is 16.3. The molecule has 2 unspecified atom stereocenters. The van der Waals surface area contributed by atoms with Crippen molar-refractivity contribution in [1.29, 1.82) is 0 Å². The molecular formula is C52H93NO3. The monoisotopic (exact) mass is 780 g/mol. The highest BCUT2D eigenvalue weighted by molar-refractivity contribution is 5.76. The smallest absolute Gasteiger partial charge is 0.220 e. The number of rotatable bonds is 43. The quantitative estimate of drug-likeness (QED) is 0.0426. The van der Waals surface area contributed by atoms with E-state index in [0.29, 0.717) is 6.42 Å². The number of unbranched alkanes of at least 4 members (excludes halogenated alkanes) is 26. The summed E-state index contributed by atoms with van der Waals surface area (Å²) in [5, 5.41) is 23.0. The van der Waals surface area contributed by atoms with Crippen molar-refractivity contribution in [1.82, 2.24) is 5.32 Å². The van der Waals surface area contributed by atoms with Crippen LogP contribution in [0.4, 0.5) is 0 Å². The standard InChI is InChI=1S/C52H93NO3/c1-3-5-7-9-11-13-15-17-19-21-22-23-24-25-26-27-28-29-30-32-34-36-38-40-42-44-46-48-52(56)53-50(49-54)51(55)47-45-43-41-39-37-35-33-31-20-18-16-14-12-10-8-6-4-2/h5,7,11,13,17,19,22-23,37,39,45,47,50-51,54-55H,3-4,6,8-10,12,14-16,18,20-21,24-36,38,40-44,46,48-49H2,1-2H3,(H,53,56)/b7-5-,13-11-,19-17-,23-22-,39-37+,47-45+. The molecule has 0 radical (unpaired) electrons. The van der Waals surface area contributed by atoms with Gasteiger partial charge < -0.3 is 15.5 Å². The molecule has 0 fully saturated rings. The van der Waals surface area contributed by atoms with E-state index >= 15 is 0 Å². The molecule has 1 amide bonds. The second kappa shape index (κ2) is 47.2. The number of allylic oxidation sites excluding steroid dienone is 11. The summed E-state index contributed by atoms with van der Waals surface area (Å²) in [6.45, 7) is 4.19. The zero-order valence-corrected chi connectivity index (χ0v) is 37.1. The summed E-state index contributed by atoms with van der Waals surface area (Å²) < 4.78 is 0. The number of aliphatic hydroxyl groups is 2. The van der Waals surface area contributed by atoms with E-state index in [1.165, 1.54) is 154 Å². The van der Waals surface area contributed by atoms with Crippen molar-refractivity contribution >= 4 is 5.91 Å². The Morgan fingerprint density at radius 1 is 0.446 bits per heavy atom. The lowest BCUT2D eigenvalue weighted by molar-refractivity contribution is -0.123. The molecule has 0 bridgehead atoms. The second-order valence-electron chi connectivity index (χ2n) is 16.1. The molecule has 4 nitrogen and oxygen atoms in total. The maximum absolute atomic E-state index is 12.4. The Labute approximate surface area is 349 Å². The molecule has 56 heavy (non-hydrogen) atoms. The first-order valence-corrected chi connectivity index (χ1v) is 24.2. The van der Waals surface area contributed by atoms with Gasteiger partial charge >= 0.3 is 0 Å². The molecular weight excluding hydrogens is 687 g/mol. The molecule has 0 heterocycles. The van der Waals surface area contributed by atoms with Crippen molar-refractivity contribution in [2.75, 3.05) is 6.61 Å². The van der Waals surface area contributed by atoms with E-state index in [9.17, 15) is 15.0 Å². The minimum atomic E-state index is -0.865. The lowest BCUT2D eigenvalue weighted by atomic mass is 10.0. The number of amides is 1. The van der Waals surface area contributed by atoms with Gasteiger partial charge in [-0.15, -0.1) is 0 Å². The molecule has 0 aliphatic heterocycles. The summed E-state index contributed by atoms with van der Waals surface area (Å²) in [5.74, 6) is -0.0762. The molecule has 0 aliphatic rings. The van der Waals surface area contributed by atoms with Crippen LogP contribution in [-0.4, -0.2) is 34.9 Å². The first-order chi connectivity index (χ1) is 27.7. The zero-order chi connectivity index (χ0) is 40.7. The van der Waals surface area contributed by atoms with Gasteiger partial charge in [-0.1, -0.05) is 228 Å². The van der Waals surface area contributed by atoms with Crippen molar-refractivity contribution in [3.8, 4) is 0 Å². The Bertz CT molecular complexity index is 977. The average molecular weight is 780 g/mol. The van der Waals surface area contributed by atoms with Gasteiger partial charge in [-0.2, -0.15) is 0 Å². The van der Waals surface area contributed by atoms with Crippen molar-refractivity contribution < 1.29 is 15.0 Å². The molecule has 0 saturated heterocycles. The number of hydrogen-bond donors (Lipinski definition) is 3. The van der Waals surface area contributed by atoms with Gasteiger partial charge in [-0.05, 0) is 70.6 Å². The van der Waals surface area contributed by atoms with E-state index in [-0.39, 0.29) is 12.5 Å². The molecule has 0 aromatic heterocycles. The van der Waals surface area contributed by atoms with Gasteiger partial charge in [-0.3, -0.25) is 4.79 Å². The lowest BCUT2D eigenvalue weighted by Crippen LogP contribution is -2.45. The molecule has 0 spiro atoms. The van der Waals surface area contributed by atoms with E-state index < -0.39 is 12.1 Å². The van der Waals surface area contributed by atoms with Crippen LogP contribution >= 0.6 is 0 Å². The fraction of sp³-hybridized carbons (Fsp3) is 0.750. The van der Waals surface area contributed by atoms with Crippen molar-refractivity contribution in [2.24, 2.45) is 0 Å². The number of carbonyl (C=O) groups is 1. The van der Waals surface area contributed by atoms with Crippen molar-refractivity contribution in [3.63, 3.8) is 0 Å². The van der Waals surface area contributed by atoms with Crippen LogP contribution < -0.4 is 5.32 Å². The Morgan fingerprint density at radius 3 is 1.25 bits per heavy atom. The van der Waals surface area contributed by atoms with Crippen LogP contribution in [0.25, 0.3) is 0 Å². The molecule has 0 rings (SSSR count). The first-order valence-electron chi connectivity index (χ1n) is 24.2. The Balaban J connectivity index is 3.57. The predicted molar refractivity (Wildman–Crippen MR) is 248 cm³/mol. The number of aliphatic hydroxyl groups excluding tert-OH is 2. The maximum Gasteiger partial charge on any atom is 0.220 e. The highest BCUT2D eigenvalue weighted by Crippen LogP contribution is 2.15. The topological polar surface area (TPSA) is 69.6 Å². The van der Waals surface area contributed by atoms with Gasteiger partial charge in [0.05, 0.1) is 18.8 Å². The molecule has 0 aromatic rings. The third kappa shape index (κ3) is 43.0. The fourth-order valence-electron chi connectivity index (χ4n) is 7.01. The molecule has 0 aromatic carbocycles. The van der Waals surface area contributed by atoms with Gasteiger partial charge in [0.2, 0.25) is 5.91 Å². The van der Waals surface area contributed by atoms with Crippen molar-refractivity contribution in [2.45, 2.75) is 244 Å². The molecule has 3 N–H and O–H groups in total. The highest BCUT2D eigenvalue weighted by Gasteiger charge is 2.17. The van der Waals surface area contributed by atoms with E-state index in [4.69, 9.17) is 0 Å². The van der Waals surface area contributed by atoms with Gasteiger partial charge in [0, 0.05) is 6.42 Å². The lowest BCUT2D eigenvalue weighted by Gasteiger charge is -2.19. The molecule has 4 heteroatoms. The van der Waals surface area contributed by atoms with Crippen LogP contribution in [0, 0.1) is 0 Å². The van der Waals surface area contributed by atoms with Gasteiger partial charge in [0.1, 0.15) is 0 Å². The second-order valence-corrected chi connectivity index (χ2v) is 16.1. The SMILES string of the molecule is CC/C=C\C/C=C\C/C=C\C/C=C\CCCCCCCCCCCCCCCCC(=O)NC(CO)C(O)/C=C/CC/C=C/CCCCCCCCCCCCC. The minimum absolute atomic E-state index is 0.0762. The molecule has 0 saturated carbocycles. The van der Waals surface area contributed by atoms with Gasteiger partial charge in [0.25, 0.3) is 0 Å². The largest absolute Gasteiger partial charge is 0.394 e. The van der Waals surface area contributed by atoms with Crippen LogP contribution in [0.2, 0.25) is 0 Å². The third-order valence-corrected chi connectivity index (χ3v) is 10.7. The Morgan fingerprint density at radius 2 is 0.804 bits per heavy atom. The zero-order valence-electron chi connectivity index (χ0n) is 37.1. The third-order valence-electron chi connectivity index (χ3n) is 10.7. The summed E-state index contributed by atoms with van der Waals surface area (Å²) in [7, 11) is 0. The van der Waals surface area contributed by atoms with E-state index in [1.807, 2.05) is 6.08 Å².